The van der Waals surface area contributed by atoms with Crippen molar-refractivity contribution in [2.24, 2.45) is 0 Å². The molecule has 0 aliphatic heterocycles. The van der Waals surface area contributed by atoms with E-state index < -0.39 is 0 Å². The van der Waals surface area contributed by atoms with Gasteiger partial charge in [-0.05, 0) is 36.8 Å². The monoisotopic (exact) mass is 364 g/mol. The van der Waals surface area contributed by atoms with E-state index in [0.717, 1.165) is 21.6 Å². The summed E-state index contributed by atoms with van der Waals surface area (Å²) < 4.78 is 6.41. The van der Waals surface area contributed by atoms with Crippen LogP contribution in [0, 0.1) is 0 Å². The van der Waals surface area contributed by atoms with Crippen LogP contribution < -0.4 is 5.32 Å². The number of nitrogens with one attached hydrogen (secondary N) is 1. The van der Waals surface area contributed by atoms with Crippen molar-refractivity contribution in [3.63, 3.8) is 0 Å². The van der Waals surface area contributed by atoms with Crippen LogP contribution in [0.5, 0.6) is 0 Å². The van der Waals surface area contributed by atoms with Crippen LogP contribution in [0.4, 0.5) is 0 Å². The number of fused-ring (bicyclic) bond motifs is 1. The maximum atomic E-state index is 12.5. The van der Waals surface area contributed by atoms with Crippen molar-refractivity contribution in [2.75, 3.05) is 0 Å². The topological polar surface area (TPSA) is 80.9 Å². The van der Waals surface area contributed by atoms with Crippen LogP contribution in [0.2, 0.25) is 0 Å². The number of rotatable bonds is 5. The van der Waals surface area contributed by atoms with Crippen LogP contribution in [0.15, 0.2) is 53.4 Å². The van der Waals surface area contributed by atoms with Gasteiger partial charge >= 0.3 is 0 Å². The lowest BCUT2D eigenvalue weighted by molar-refractivity contribution is 0.0950. The molecule has 3 heterocycles. The van der Waals surface area contributed by atoms with Gasteiger partial charge in [-0.3, -0.25) is 9.78 Å². The van der Waals surface area contributed by atoms with Crippen molar-refractivity contribution < 1.29 is 9.21 Å². The maximum Gasteiger partial charge on any atom is 0.251 e. The summed E-state index contributed by atoms with van der Waals surface area (Å²) in [6, 6.07) is 9.17. The summed E-state index contributed by atoms with van der Waals surface area (Å²) in [4.78, 5) is 25.7. The quantitative estimate of drug-likeness (QED) is 0.582. The first-order chi connectivity index (χ1) is 12.7. The van der Waals surface area contributed by atoms with Gasteiger partial charge in [0.1, 0.15) is 5.69 Å². The Morgan fingerprint density at radius 3 is 2.92 bits per heavy atom. The van der Waals surface area contributed by atoms with E-state index in [-0.39, 0.29) is 12.5 Å². The molecule has 1 amide bonds. The van der Waals surface area contributed by atoms with E-state index in [1.54, 1.807) is 42.1 Å². The molecule has 26 heavy (non-hydrogen) atoms. The zero-order chi connectivity index (χ0) is 17.9. The summed E-state index contributed by atoms with van der Waals surface area (Å²) in [7, 11) is 0. The van der Waals surface area contributed by atoms with Gasteiger partial charge in [0.2, 0.25) is 0 Å². The first kappa shape index (κ1) is 16.4. The number of aryl methyl sites for hydroxylation is 1. The number of hydrogen-bond acceptors (Lipinski definition) is 6. The van der Waals surface area contributed by atoms with Crippen molar-refractivity contribution in [1.82, 2.24) is 20.3 Å². The third kappa shape index (κ3) is 3.21. The highest BCUT2D eigenvalue weighted by Crippen LogP contribution is 2.24. The van der Waals surface area contributed by atoms with E-state index >= 15 is 0 Å². The minimum atomic E-state index is -0.158. The third-order valence-corrected chi connectivity index (χ3v) is 5.10. The Morgan fingerprint density at radius 2 is 2.12 bits per heavy atom. The second-order valence-corrected chi connectivity index (χ2v) is 6.77. The van der Waals surface area contributed by atoms with Crippen molar-refractivity contribution in [1.29, 1.82) is 0 Å². The molecule has 7 heteroatoms. The molecule has 0 unspecified atom stereocenters. The minimum absolute atomic E-state index is 0.158. The molecule has 4 aromatic rings. The number of aromatic nitrogens is 3. The van der Waals surface area contributed by atoms with Gasteiger partial charge in [0, 0.05) is 18.0 Å². The molecule has 0 aliphatic rings. The number of carbonyl (C=O) groups is 1. The van der Waals surface area contributed by atoms with Gasteiger partial charge in [0.15, 0.2) is 5.76 Å². The molecular formula is C19H16N4O2S. The summed E-state index contributed by atoms with van der Waals surface area (Å²) in [5.74, 6) is 0.468. The molecule has 0 spiro atoms. The summed E-state index contributed by atoms with van der Waals surface area (Å²) in [5.41, 5.74) is 2.82. The fourth-order valence-electron chi connectivity index (χ4n) is 2.65. The molecule has 0 saturated heterocycles. The second-order valence-electron chi connectivity index (χ2n) is 5.66. The normalized spacial score (nSPS) is 11.0. The Kier molecular flexibility index (Phi) is 4.45. The molecule has 4 rings (SSSR count). The van der Waals surface area contributed by atoms with Crippen LogP contribution in [0.3, 0.4) is 0 Å². The second kappa shape index (κ2) is 7.05. The molecule has 0 radical (unpaired) electrons. The Morgan fingerprint density at radius 1 is 1.23 bits per heavy atom. The number of benzene rings is 1. The highest BCUT2D eigenvalue weighted by molar-refractivity contribution is 7.18. The van der Waals surface area contributed by atoms with Crippen LogP contribution >= 0.6 is 11.3 Å². The van der Waals surface area contributed by atoms with Gasteiger partial charge in [-0.1, -0.05) is 6.92 Å². The molecule has 0 saturated carbocycles. The SMILES string of the molecule is CCc1nc2ccc(C(=O)NCc3nccnc3-c3ccco3)cc2s1. The van der Waals surface area contributed by atoms with E-state index in [1.807, 2.05) is 18.2 Å². The van der Waals surface area contributed by atoms with E-state index in [0.29, 0.717) is 22.7 Å². The van der Waals surface area contributed by atoms with E-state index in [1.165, 1.54) is 0 Å². The predicted octanol–water partition coefficient (Wildman–Crippen LogP) is 3.84. The number of nitrogens with zero attached hydrogens (tertiary/aromatic N) is 3. The van der Waals surface area contributed by atoms with Crippen LogP contribution in [-0.2, 0) is 13.0 Å². The molecule has 0 bridgehead atoms. The van der Waals surface area contributed by atoms with Crippen molar-refractivity contribution in [3.8, 4) is 11.5 Å². The fourth-order valence-corrected chi connectivity index (χ4v) is 3.59. The van der Waals surface area contributed by atoms with Gasteiger partial charge in [-0.15, -0.1) is 11.3 Å². The van der Waals surface area contributed by atoms with Gasteiger partial charge in [0.05, 0.1) is 33.7 Å². The van der Waals surface area contributed by atoms with E-state index in [4.69, 9.17) is 4.42 Å². The number of amides is 1. The number of carbonyl (C=O) groups excluding carboxylic acids is 1. The standard InChI is InChI=1S/C19H16N4O2S/c1-2-17-23-13-6-5-12(10-16(13)26-17)19(24)22-11-14-18(21-8-7-20-14)15-4-3-9-25-15/h3-10H,2,11H2,1H3,(H,22,24). The lowest BCUT2D eigenvalue weighted by Crippen LogP contribution is -2.23. The van der Waals surface area contributed by atoms with Gasteiger partial charge in [-0.25, -0.2) is 9.97 Å². The average Bonchev–Trinajstić information content (AvgIpc) is 3.35. The summed E-state index contributed by atoms with van der Waals surface area (Å²) in [5, 5.41) is 3.97. The Hall–Kier alpha value is -3.06. The van der Waals surface area contributed by atoms with Crippen molar-refractivity contribution in [2.45, 2.75) is 19.9 Å². The van der Waals surface area contributed by atoms with E-state index in [2.05, 4.69) is 27.2 Å². The number of thiazole rings is 1. The highest BCUT2D eigenvalue weighted by Gasteiger charge is 2.13. The fraction of sp³-hybridized carbons (Fsp3) is 0.158. The summed E-state index contributed by atoms with van der Waals surface area (Å²) in [6.45, 7) is 2.34. The third-order valence-electron chi connectivity index (χ3n) is 3.94. The summed E-state index contributed by atoms with van der Waals surface area (Å²) >= 11 is 1.62. The first-order valence-electron chi connectivity index (χ1n) is 8.26. The molecule has 1 N–H and O–H groups in total. The lowest BCUT2D eigenvalue weighted by Gasteiger charge is -2.07. The number of furan rings is 1. The van der Waals surface area contributed by atoms with E-state index in [9.17, 15) is 4.79 Å². The predicted molar refractivity (Wildman–Crippen MR) is 99.9 cm³/mol. The molecule has 130 valence electrons. The Balaban J connectivity index is 1.53. The molecule has 1 aromatic carbocycles. The number of hydrogen-bond donors (Lipinski definition) is 1. The molecule has 0 atom stereocenters. The molecule has 0 aliphatic carbocycles. The molecule has 0 fully saturated rings. The van der Waals surface area contributed by atoms with Crippen LogP contribution in [0.25, 0.3) is 21.7 Å². The maximum absolute atomic E-state index is 12.5. The zero-order valence-corrected chi connectivity index (χ0v) is 14.9. The van der Waals surface area contributed by atoms with Gasteiger partial charge in [-0.2, -0.15) is 0 Å². The van der Waals surface area contributed by atoms with Crippen molar-refractivity contribution >= 4 is 27.5 Å². The average molecular weight is 364 g/mol. The van der Waals surface area contributed by atoms with Gasteiger partial charge in [0.25, 0.3) is 5.91 Å². The molecular weight excluding hydrogens is 348 g/mol. The molecule has 3 aromatic heterocycles. The Labute approximate surface area is 153 Å². The smallest absolute Gasteiger partial charge is 0.251 e. The Bertz CT molecular complexity index is 1060. The molecule has 6 nitrogen and oxygen atoms in total. The minimum Gasteiger partial charge on any atom is -0.463 e. The first-order valence-corrected chi connectivity index (χ1v) is 9.07. The highest BCUT2D eigenvalue weighted by atomic mass is 32.1. The van der Waals surface area contributed by atoms with Crippen LogP contribution in [-0.4, -0.2) is 20.9 Å². The van der Waals surface area contributed by atoms with Gasteiger partial charge < -0.3 is 9.73 Å². The lowest BCUT2D eigenvalue weighted by atomic mass is 10.2. The summed E-state index contributed by atoms with van der Waals surface area (Å²) in [6.07, 6.45) is 5.68. The van der Waals surface area contributed by atoms with Crippen molar-refractivity contribution in [3.05, 3.63) is 65.3 Å². The van der Waals surface area contributed by atoms with Crippen LogP contribution in [0.1, 0.15) is 28.0 Å². The zero-order valence-electron chi connectivity index (χ0n) is 14.1. The largest absolute Gasteiger partial charge is 0.463 e.